The second-order valence-corrected chi connectivity index (χ2v) is 19.4. The monoisotopic (exact) mass is 636 g/mol. The summed E-state index contributed by atoms with van der Waals surface area (Å²) in [5.41, 5.74) is 17.1. The van der Waals surface area contributed by atoms with Gasteiger partial charge in [-0.2, -0.15) is 0 Å². The first kappa shape index (κ1) is 33.5. The Morgan fingerprint density at radius 2 is 0.894 bits per heavy atom. The summed E-state index contributed by atoms with van der Waals surface area (Å²) in [6.45, 7) is 13.7. The third-order valence-corrected chi connectivity index (χ3v) is 16.5. The molecule has 6 rings (SSSR count). The summed E-state index contributed by atoms with van der Waals surface area (Å²) in [6, 6.07) is 31.2. The number of hydrogen-bond donors (Lipinski definition) is 0. The second-order valence-electron chi connectivity index (χ2n) is 14.9. The van der Waals surface area contributed by atoms with E-state index in [-0.39, 0.29) is 0 Å². The van der Waals surface area contributed by atoms with E-state index >= 15 is 0 Å². The van der Waals surface area contributed by atoms with E-state index in [0.717, 1.165) is 12.8 Å². The van der Waals surface area contributed by atoms with Gasteiger partial charge in [0.25, 0.3) is 0 Å². The summed E-state index contributed by atoms with van der Waals surface area (Å²) in [5.74, 6) is 0. The van der Waals surface area contributed by atoms with Crippen molar-refractivity contribution in [3.8, 4) is 22.3 Å². The molecular weight excluding hydrogens is 581 g/mol. The average Bonchev–Trinajstić information content (AvgIpc) is 3.68. The van der Waals surface area contributed by atoms with E-state index in [2.05, 4.69) is 126 Å². The lowest BCUT2D eigenvalue weighted by Crippen LogP contribution is -2.40. The molecule has 0 nitrogen and oxygen atoms in total. The molecule has 1 heteroatoms. The van der Waals surface area contributed by atoms with Gasteiger partial charge in [-0.25, -0.2) is 0 Å². The zero-order valence-electron chi connectivity index (χ0n) is 30.1. The fourth-order valence-electron chi connectivity index (χ4n) is 8.80. The predicted molar refractivity (Wildman–Crippen MR) is 210 cm³/mol. The zero-order chi connectivity index (χ0) is 33.0. The lowest BCUT2D eigenvalue weighted by Gasteiger charge is -2.36. The molecule has 0 aromatic heterocycles. The molecule has 0 saturated heterocycles. The Morgan fingerprint density at radius 3 is 1.28 bits per heavy atom. The molecule has 0 bridgehead atoms. The lowest BCUT2D eigenvalue weighted by molar-refractivity contribution is 0.681. The van der Waals surface area contributed by atoms with Gasteiger partial charge < -0.3 is 0 Å². The maximum atomic E-state index is 2.73. The lowest BCUT2D eigenvalue weighted by atomic mass is 9.95. The minimum atomic E-state index is -1.99. The molecule has 0 unspecified atom stereocenters. The van der Waals surface area contributed by atoms with Crippen molar-refractivity contribution < 1.29 is 0 Å². The summed E-state index contributed by atoms with van der Waals surface area (Å²) in [6.07, 6.45) is 18.5. The number of rotatable bonds is 14. The summed E-state index contributed by atoms with van der Waals surface area (Å²) < 4.78 is 0. The van der Waals surface area contributed by atoms with Crippen LogP contribution in [0.25, 0.3) is 34.4 Å². The molecule has 0 amide bonds. The number of allylic oxidation sites excluding steroid dienone is 2. The number of benzene rings is 4. The molecule has 0 N–H and O–H groups in total. The molecule has 2 aliphatic carbocycles. The molecule has 0 spiro atoms. The van der Waals surface area contributed by atoms with Gasteiger partial charge in [0.05, 0.1) is 0 Å². The maximum Gasteiger partial charge on any atom is 0.109 e. The molecule has 0 atom stereocenters. The van der Waals surface area contributed by atoms with Crippen LogP contribution >= 0.6 is 0 Å². The highest BCUT2D eigenvalue weighted by molar-refractivity contribution is 6.94. The van der Waals surface area contributed by atoms with E-state index in [1.54, 1.807) is 11.1 Å². The molecule has 4 aromatic rings. The standard InChI is InChI=1S/C46H56Si/c1-7-9-11-13-21-47(22-14-12-10-8-2,41-29-37-17-15-19-43(45(37)31-41)39-25-33(3)23-34(4)26-39)42-30-38-18-16-20-44(46(38)32-42)40-27-35(5)24-36(6)28-40/h15-20,23-28,31-32H,7-14,21-22,29-30H2,1-6H3. The van der Waals surface area contributed by atoms with Crippen LogP contribution in [0, 0.1) is 27.7 Å². The smallest absolute Gasteiger partial charge is 0.0709 e. The van der Waals surface area contributed by atoms with Gasteiger partial charge in [0, 0.05) is 0 Å². The first-order chi connectivity index (χ1) is 22.8. The Hall–Kier alpha value is -3.42. The number of aryl methyl sites for hydroxylation is 4. The van der Waals surface area contributed by atoms with Crippen molar-refractivity contribution in [3.63, 3.8) is 0 Å². The van der Waals surface area contributed by atoms with Crippen LogP contribution in [0.15, 0.2) is 83.2 Å². The number of unbranched alkanes of at least 4 members (excludes halogenated alkanes) is 6. The predicted octanol–water partition coefficient (Wildman–Crippen LogP) is 13.5. The van der Waals surface area contributed by atoms with Crippen molar-refractivity contribution >= 4 is 20.2 Å². The van der Waals surface area contributed by atoms with Gasteiger partial charge in [0.2, 0.25) is 0 Å². The molecule has 0 saturated carbocycles. The van der Waals surface area contributed by atoms with Crippen LogP contribution in [0.4, 0.5) is 0 Å². The van der Waals surface area contributed by atoms with E-state index in [0.29, 0.717) is 0 Å². The van der Waals surface area contributed by atoms with Gasteiger partial charge in [-0.05, 0) is 97.1 Å². The van der Waals surface area contributed by atoms with Crippen LogP contribution in [0.3, 0.4) is 0 Å². The molecule has 0 heterocycles. The maximum absolute atomic E-state index is 2.73. The molecule has 244 valence electrons. The van der Waals surface area contributed by atoms with Gasteiger partial charge >= 0.3 is 0 Å². The number of fused-ring (bicyclic) bond motifs is 2. The normalized spacial score (nSPS) is 13.8. The Kier molecular flexibility index (Phi) is 10.5. The molecule has 0 aliphatic heterocycles. The van der Waals surface area contributed by atoms with Crippen molar-refractivity contribution in [1.82, 2.24) is 0 Å². The third kappa shape index (κ3) is 7.21. The van der Waals surface area contributed by atoms with Crippen LogP contribution in [0.2, 0.25) is 12.1 Å². The van der Waals surface area contributed by atoms with E-state index < -0.39 is 8.07 Å². The first-order valence-corrected chi connectivity index (χ1v) is 21.1. The summed E-state index contributed by atoms with van der Waals surface area (Å²) >= 11 is 0. The van der Waals surface area contributed by atoms with Crippen molar-refractivity contribution in [1.29, 1.82) is 0 Å². The topological polar surface area (TPSA) is 0 Å². The largest absolute Gasteiger partial charge is 0.109 e. The van der Waals surface area contributed by atoms with Crippen molar-refractivity contribution in [2.24, 2.45) is 0 Å². The van der Waals surface area contributed by atoms with Crippen LogP contribution in [-0.2, 0) is 12.8 Å². The zero-order valence-corrected chi connectivity index (χ0v) is 31.1. The van der Waals surface area contributed by atoms with Crippen LogP contribution in [0.5, 0.6) is 0 Å². The second kappa shape index (κ2) is 14.8. The number of hydrogen-bond acceptors (Lipinski definition) is 0. The Bertz CT molecular complexity index is 1620. The molecule has 0 radical (unpaired) electrons. The summed E-state index contributed by atoms with van der Waals surface area (Å²) in [5, 5.41) is 3.62. The molecule has 4 aromatic carbocycles. The van der Waals surface area contributed by atoms with Crippen LogP contribution in [0.1, 0.15) is 110 Å². The average molecular weight is 637 g/mol. The fraction of sp³-hybridized carbons (Fsp3) is 0.391. The molecular formula is C46H56Si. The Labute approximate surface area is 287 Å². The fourth-order valence-corrected chi connectivity index (χ4v) is 14.3. The highest BCUT2D eigenvalue weighted by Crippen LogP contribution is 2.48. The first-order valence-electron chi connectivity index (χ1n) is 18.6. The Balaban J connectivity index is 1.48. The van der Waals surface area contributed by atoms with E-state index in [4.69, 9.17) is 0 Å². The SMILES string of the molecule is CCCCCC[Si](CCCCCC)(C1=Cc2c(cccc2-c2cc(C)cc(C)c2)C1)C1=Cc2c(cccc2-c2cc(C)cc(C)c2)C1. The van der Waals surface area contributed by atoms with Gasteiger partial charge in [0.15, 0.2) is 0 Å². The minimum absolute atomic E-state index is 1.14. The van der Waals surface area contributed by atoms with Gasteiger partial charge in [-0.1, -0.05) is 183 Å². The van der Waals surface area contributed by atoms with Crippen LogP contribution < -0.4 is 0 Å². The highest BCUT2D eigenvalue weighted by Gasteiger charge is 2.43. The summed E-state index contributed by atoms with van der Waals surface area (Å²) in [7, 11) is -1.99. The third-order valence-electron chi connectivity index (χ3n) is 11.0. The highest BCUT2D eigenvalue weighted by atomic mass is 28.3. The Morgan fingerprint density at radius 1 is 0.489 bits per heavy atom. The van der Waals surface area contributed by atoms with Gasteiger partial charge in [-0.3, -0.25) is 0 Å². The van der Waals surface area contributed by atoms with Crippen molar-refractivity contribution in [2.45, 2.75) is 118 Å². The quantitative estimate of drug-likeness (QED) is 0.0954. The van der Waals surface area contributed by atoms with Gasteiger partial charge in [-0.15, -0.1) is 0 Å². The van der Waals surface area contributed by atoms with Crippen molar-refractivity contribution in [2.75, 3.05) is 0 Å². The molecule has 2 aliphatic rings. The minimum Gasteiger partial charge on any atom is -0.0709 e. The van der Waals surface area contributed by atoms with Gasteiger partial charge in [0.1, 0.15) is 8.07 Å². The molecule has 0 fully saturated rings. The van der Waals surface area contributed by atoms with Crippen molar-refractivity contribution in [3.05, 3.63) is 128 Å². The van der Waals surface area contributed by atoms with E-state index in [1.807, 2.05) is 10.4 Å². The molecule has 47 heavy (non-hydrogen) atoms. The van der Waals surface area contributed by atoms with Crippen LogP contribution in [-0.4, -0.2) is 8.07 Å². The summed E-state index contributed by atoms with van der Waals surface area (Å²) in [4.78, 5) is 0. The van der Waals surface area contributed by atoms with E-state index in [9.17, 15) is 0 Å². The van der Waals surface area contributed by atoms with E-state index in [1.165, 1.54) is 119 Å².